The summed E-state index contributed by atoms with van der Waals surface area (Å²) < 4.78 is 46.4. The van der Waals surface area contributed by atoms with Gasteiger partial charge in [-0.15, -0.1) is 0 Å². The molecule has 694 valence electrons. The Morgan fingerprint density at radius 3 is 0.906 bits per heavy atom. The Morgan fingerprint density at radius 1 is 0.168 bits per heavy atom. The van der Waals surface area contributed by atoms with Crippen LogP contribution in [-0.4, -0.2) is 13.7 Å². The third-order valence-electron chi connectivity index (χ3n) is 30.0. The van der Waals surface area contributed by atoms with E-state index in [-0.39, 0.29) is 0 Å². The standard InChI is InChI=1S/2C49H28N2O2.C39H24N2O2/c1-50-41-25-24-35(37-18-10-17-36-34-16-8-9-21-45(34)52-47(36)37)46-38-19-11-20-44(48(38)53-49(41)46)51-42-26-22-32(30-12-4-2-5-13-30)28-39(42)40-29-33(23-27-43(40)51)31-14-6-3-7-15-31;1-50-41-24-23-35(34-19-22-37-36-15-8-9-18-45(36)52-46(37)29-34)47-38-16-10-17-44(48(38)53-49(41)47)51-42-25-20-32(30-11-4-2-5-12-30)27-39(42)40-28-33(21-26-43(40)51)31-13-6-3-7-14-31;1-22-14-18-31-28(20-22)29-21-23(2)15-19-32(29)41(31)33-11-6-10-27-37-25(16-17-30(40-3)39(37)43-38(27)33)24-9-7-13-35-36(24)26-8-4-5-12-34(26)42-35/h2*2-29H;4-21H,1-2H3. The second-order valence-electron chi connectivity index (χ2n) is 38.4. The zero-order valence-corrected chi connectivity index (χ0v) is 80.4. The number of benzene rings is 22. The van der Waals surface area contributed by atoms with E-state index < -0.39 is 0 Å². The minimum atomic E-state index is 0.477. The van der Waals surface area contributed by atoms with E-state index in [4.69, 9.17) is 46.2 Å². The SMILES string of the molecule is [C-]#[N+]c1ccc(-c2ccc3c(c2)oc2ccccc23)c2c1oc1c(-n3c4ccc(-c5ccccc5)cc4c4cc(-c5ccccc5)ccc43)cccc12.[C-]#[N+]c1ccc(-c2cccc3c2oc2ccccc23)c2c1oc1c(-n3c4ccc(-c5ccccc5)cc4c4cc(-c5ccccc5)ccc43)cccc12.[C-]#[N+]c1ccc(-c2cccc3oc4ccccc4c23)c2c1oc1c(-n3c4ccc(C)cc4c4cc(C)ccc43)cccc12. The van der Waals surface area contributed by atoms with Crippen LogP contribution in [-0.2, 0) is 0 Å². The van der Waals surface area contributed by atoms with Gasteiger partial charge in [0.2, 0.25) is 17.1 Å². The molecule has 149 heavy (non-hydrogen) atoms. The van der Waals surface area contributed by atoms with Crippen molar-refractivity contribution in [2.45, 2.75) is 13.8 Å². The normalized spacial score (nSPS) is 11.8. The molecule has 0 aliphatic rings. The number of para-hydroxylation sites is 7. The summed E-state index contributed by atoms with van der Waals surface area (Å²) in [6.45, 7) is 28.4. The molecule has 0 amide bonds. The summed E-state index contributed by atoms with van der Waals surface area (Å²) in [5.41, 5.74) is 37.7. The van der Waals surface area contributed by atoms with Crippen molar-refractivity contribution in [2.24, 2.45) is 0 Å². The van der Waals surface area contributed by atoms with E-state index in [0.717, 1.165) is 242 Å². The zero-order chi connectivity index (χ0) is 98.9. The van der Waals surface area contributed by atoms with Gasteiger partial charge in [-0.3, -0.25) is 0 Å². The van der Waals surface area contributed by atoms with Gasteiger partial charge in [-0.05, 0) is 214 Å². The lowest BCUT2D eigenvalue weighted by Gasteiger charge is -2.10. The highest BCUT2D eigenvalue weighted by molar-refractivity contribution is 6.26. The van der Waals surface area contributed by atoms with Crippen LogP contribution in [0.2, 0.25) is 0 Å². The molecule has 31 rings (SSSR count). The molecule has 0 radical (unpaired) electrons. The highest BCUT2D eigenvalue weighted by Gasteiger charge is 2.30. The fourth-order valence-corrected chi connectivity index (χ4v) is 23.3. The first-order chi connectivity index (χ1) is 73.6. The van der Waals surface area contributed by atoms with Crippen molar-refractivity contribution in [3.8, 4) is 95.0 Å². The predicted molar refractivity (Wildman–Crippen MR) is 612 cm³/mol. The highest BCUT2D eigenvalue weighted by atomic mass is 16.4. The molecule has 0 aliphatic heterocycles. The first-order valence-corrected chi connectivity index (χ1v) is 49.8. The van der Waals surface area contributed by atoms with Crippen LogP contribution in [0.3, 0.4) is 0 Å². The molecule has 0 bridgehead atoms. The first kappa shape index (κ1) is 85.3. The van der Waals surface area contributed by atoms with Gasteiger partial charge in [0.25, 0.3) is 0 Å². The summed E-state index contributed by atoms with van der Waals surface area (Å²) in [4.78, 5) is 11.7. The van der Waals surface area contributed by atoms with E-state index in [1.807, 2.05) is 97.1 Å². The molecule has 9 heterocycles. The van der Waals surface area contributed by atoms with Gasteiger partial charge in [0.15, 0.2) is 16.7 Å². The molecule has 12 heteroatoms. The number of hydrogen-bond donors (Lipinski definition) is 0. The molecule has 12 nitrogen and oxygen atoms in total. The Morgan fingerprint density at radius 2 is 0.470 bits per heavy atom. The first-order valence-electron chi connectivity index (χ1n) is 49.8. The molecular formula is C137H80N6O6. The second kappa shape index (κ2) is 33.9. The van der Waals surface area contributed by atoms with Crippen LogP contribution in [0.4, 0.5) is 17.1 Å². The molecule has 22 aromatic carbocycles. The molecule has 0 fully saturated rings. The van der Waals surface area contributed by atoms with Crippen LogP contribution < -0.4 is 0 Å². The fourth-order valence-electron chi connectivity index (χ4n) is 23.3. The third kappa shape index (κ3) is 13.4. The molecule has 0 saturated carbocycles. The van der Waals surface area contributed by atoms with Crippen molar-refractivity contribution in [2.75, 3.05) is 0 Å². The van der Waals surface area contributed by atoms with E-state index in [1.54, 1.807) is 0 Å². The molecule has 31 aromatic rings. The summed E-state index contributed by atoms with van der Waals surface area (Å²) in [7, 11) is 0. The summed E-state index contributed by atoms with van der Waals surface area (Å²) >= 11 is 0. The number of furan rings is 6. The van der Waals surface area contributed by atoms with Crippen LogP contribution in [0.15, 0.2) is 475 Å². The Kier molecular flexibility index (Phi) is 19.4. The number of fused-ring (bicyclic) bond motifs is 27. The summed E-state index contributed by atoms with van der Waals surface area (Å²) in [5, 5.41) is 19.2. The Bertz CT molecular complexity index is 11000. The quantitative estimate of drug-likeness (QED) is 0.126. The third-order valence-corrected chi connectivity index (χ3v) is 30.0. The van der Waals surface area contributed by atoms with Gasteiger partial charge in [0.1, 0.15) is 50.2 Å². The minimum absolute atomic E-state index is 0.477. The van der Waals surface area contributed by atoms with E-state index in [0.29, 0.717) is 33.8 Å². The van der Waals surface area contributed by atoms with E-state index in [1.165, 1.54) is 44.2 Å². The summed E-state index contributed by atoms with van der Waals surface area (Å²) in [6.07, 6.45) is 0. The topological polar surface area (TPSA) is 107 Å². The van der Waals surface area contributed by atoms with Gasteiger partial charge in [-0.1, -0.05) is 333 Å². The largest absolute Gasteiger partial charge is 0.465 e. The molecule has 0 atom stereocenters. The Labute approximate surface area is 851 Å². The maximum atomic E-state index is 8.11. The van der Waals surface area contributed by atoms with Crippen LogP contribution in [0.25, 0.3) is 307 Å². The van der Waals surface area contributed by atoms with Crippen molar-refractivity contribution in [1.82, 2.24) is 13.7 Å². The smallest absolute Gasteiger partial charge is 0.229 e. The Hall–Kier alpha value is -20.5. The molecule has 0 saturated heterocycles. The maximum Gasteiger partial charge on any atom is 0.229 e. The van der Waals surface area contributed by atoms with E-state index >= 15 is 0 Å². The maximum absolute atomic E-state index is 8.11. The summed E-state index contributed by atoms with van der Waals surface area (Å²) in [6, 6.07) is 156. The monoisotopic (exact) mass is 1900 g/mol. The van der Waals surface area contributed by atoms with Crippen LogP contribution in [0, 0.1) is 33.6 Å². The molecule has 0 aliphatic carbocycles. The summed E-state index contributed by atoms with van der Waals surface area (Å²) in [5.74, 6) is 0. The van der Waals surface area contributed by atoms with Gasteiger partial charge in [-0.25, -0.2) is 14.5 Å². The number of aryl methyl sites for hydroxylation is 2. The number of hydrogen-bond acceptors (Lipinski definition) is 6. The van der Waals surface area contributed by atoms with Gasteiger partial charge in [0, 0.05) is 103 Å². The number of aromatic nitrogens is 3. The van der Waals surface area contributed by atoms with Gasteiger partial charge in [0.05, 0.1) is 69.9 Å². The van der Waals surface area contributed by atoms with Gasteiger partial charge >= 0.3 is 0 Å². The average Bonchev–Trinajstić information content (AvgIpc) is 1.56. The van der Waals surface area contributed by atoms with Crippen molar-refractivity contribution >= 4 is 214 Å². The number of nitrogens with zero attached hydrogens (tertiary/aromatic N) is 6. The van der Waals surface area contributed by atoms with Crippen molar-refractivity contribution in [1.29, 1.82) is 0 Å². The molecule has 0 unspecified atom stereocenters. The lowest BCUT2D eigenvalue weighted by atomic mass is 9.95. The molecule has 9 aromatic heterocycles. The van der Waals surface area contributed by atoms with Gasteiger partial charge < -0.3 is 40.2 Å². The van der Waals surface area contributed by atoms with Crippen LogP contribution in [0.1, 0.15) is 11.1 Å². The zero-order valence-electron chi connectivity index (χ0n) is 80.4. The molecular weight excluding hydrogens is 1830 g/mol. The van der Waals surface area contributed by atoms with Gasteiger partial charge in [-0.2, -0.15) is 0 Å². The average molecular weight is 1910 g/mol. The van der Waals surface area contributed by atoms with Crippen molar-refractivity contribution < 1.29 is 26.5 Å². The predicted octanol–water partition coefficient (Wildman–Crippen LogP) is 39.7. The number of rotatable bonds is 10. The molecule has 0 spiro atoms. The molecule has 0 N–H and O–H groups in total. The lowest BCUT2D eigenvalue weighted by Crippen LogP contribution is -1.94. The fraction of sp³-hybridized carbons (Fsp3) is 0.0146. The van der Waals surface area contributed by atoms with Crippen LogP contribution >= 0.6 is 0 Å². The van der Waals surface area contributed by atoms with Crippen molar-refractivity contribution in [3.05, 3.63) is 494 Å². The van der Waals surface area contributed by atoms with E-state index in [2.05, 4.69) is 394 Å². The van der Waals surface area contributed by atoms with Crippen molar-refractivity contribution in [3.63, 3.8) is 0 Å². The van der Waals surface area contributed by atoms with Crippen LogP contribution in [0.5, 0.6) is 0 Å². The second-order valence-corrected chi connectivity index (χ2v) is 38.4. The highest BCUT2D eigenvalue weighted by Crippen LogP contribution is 2.53. The lowest BCUT2D eigenvalue weighted by molar-refractivity contribution is 0.667. The van der Waals surface area contributed by atoms with E-state index in [9.17, 15) is 0 Å². The Balaban J connectivity index is 0.000000106. The minimum Gasteiger partial charge on any atom is -0.465 e.